The Kier molecular flexibility index (Phi) is 8.54. The summed E-state index contributed by atoms with van der Waals surface area (Å²) in [6, 6.07) is -0.595. The molecule has 0 aromatic heterocycles. The number of halogens is 1. The first-order valence-corrected chi connectivity index (χ1v) is 7.42. The number of rotatable bonds is 8. The molecule has 0 rings (SSSR count). The van der Waals surface area contributed by atoms with E-state index in [1.165, 1.54) is 0 Å². The van der Waals surface area contributed by atoms with Gasteiger partial charge in [0.15, 0.2) is 5.78 Å². The molecule has 0 bridgehead atoms. The lowest BCUT2D eigenvalue weighted by Gasteiger charge is -2.24. The lowest BCUT2D eigenvalue weighted by atomic mass is 9.95. The van der Waals surface area contributed by atoms with E-state index >= 15 is 0 Å². The SMILES string of the molecule is C=CCC[C@H](C)C[C@H](NC(=O)OC(C)(C)C)C(=O)CCl. The Balaban J connectivity index is 4.53. The second-order valence-corrected chi connectivity index (χ2v) is 6.27. The van der Waals surface area contributed by atoms with Crippen molar-refractivity contribution >= 4 is 23.5 Å². The van der Waals surface area contributed by atoms with Gasteiger partial charge in [0.25, 0.3) is 0 Å². The second-order valence-electron chi connectivity index (χ2n) is 6.01. The van der Waals surface area contributed by atoms with Crippen molar-refractivity contribution in [2.24, 2.45) is 5.92 Å². The number of carbonyl (C=O) groups excluding carboxylic acids is 2. The van der Waals surface area contributed by atoms with Gasteiger partial charge >= 0.3 is 6.09 Å². The average molecular weight is 304 g/mol. The lowest BCUT2D eigenvalue weighted by molar-refractivity contribution is -0.119. The van der Waals surface area contributed by atoms with Crippen LogP contribution in [0.15, 0.2) is 12.7 Å². The van der Waals surface area contributed by atoms with Gasteiger partial charge in [-0.25, -0.2) is 4.79 Å². The van der Waals surface area contributed by atoms with Gasteiger partial charge in [-0.2, -0.15) is 0 Å². The molecule has 1 N–H and O–H groups in total. The van der Waals surface area contributed by atoms with E-state index in [4.69, 9.17) is 16.3 Å². The van der Waals surface area contributed by atoms with E-state index in [1.807, 2.05) is 13.0 Å². The molecule has 0 radical (unpaired) electrons. The van der Waals surface area contributed by atoms with Gasteiger partial charge < -0.3 is 10.1 Å². The van der Waals surface area contributed by atoms with Crippen molar-refractivity contribution in [3.05, 3.63) is 12.7 Å². The molecule has 20 heavy (non-hydrogen) atoms. The van der Waals surface area contributed by atoms with Crippen LogP contribution in [-0.2, 0) is 9.53 Å². The van der Waals surface area contributed by atoms with Crippen LogP contribution in [0.2, 0.25) is 0 Å². The molecular weight excluding hydrogens is 278 g/mol. The number of carbonyl (C=O) groups is 2. The van der Waals surface area contributed by atoms with Crippen molar-refractivity contribution in [3.8, 4) is 0 Å². The number of hydrogen-bond donors (Lipinski definition) is 1. The molecule has 0 aliphatic carbocycles. The molecule has 0 aliphatic rings. The summed E-state index contributed by atoms with van der Waals surface area (Å²) in [6.45, 7) is 11.0. The summed E-state index contributed by atoms with van der Waals surface area (Å²) in [6.07, 6.45) is 3.62. The lowest BCUT2D eigenvalue weighted by Crippen LogP contribution is -2.44. The molecule has 0 unspecified atom stereocenters. The van der Waals surface area contributed by atoms with Crippen LogP contribution in [0.1, 0.15) is 47.0 Å². The highest BCUT2D eigenvalue weighted by Gasteiger charge is 2.25. The number of Topliss-reactive ketones (excluding diaryl/α,β-unsaturated/α-hetero) is 1. The van der Waals surface area contributed by atoms with Crippen LogP contribution >= 0.6 is 11.6 Å². The first kappa shape index (κ1) is 19.0. The van der Waals surface area contributed by atoms with Gasteiger partial charge in [-0.05, 0) is 46.0 Å². The molecule has 0 aromatic rings. The average Bonchev–Trinajstić information content (AvgIpc) is 2.32. The predicted molar refractivity (Wildman–Crippen MR) is 82.1 cm³/mol. The summed E-state index contributed by atoms with van der Waals surface area (Å²) in [5, 5.41) is 2.61. The maximum atomic E-state index is 11.8. The number of alkyl halides is 1. The van der Waals surface area contributed by atoms with Crippen LogP contribution in [0.4, 0.5) is 4.79 Å². The van der Waals surface area contributed by atoms with Crippen LogP contribution in [0.3, 0.4) is 0 Å². The maximum absolute atomic E-state index is 11.8. The molecule has 0 fully saturated rings. The normalized spacial score (nSPS) is 14.2. The number of alkyl carbamates (subject to hydrolysis) is 1. The fraction of sp³-hybridized carbons (Fsp3) is 0.733. The number of hydrogen-bond acceptors (Lipinski definition) is 3. The topological polar surface area (TPSA) is 55.4 Å². The van der Waals surface area contributed by atoms with Gasteiger partial charge in [0.1, 0.15) is 5.60 Å². The van der Waals surface area contributed by atoms with Gasteiger partial charge in [-0.15, -0.1) is 18.2 Å². The quantitative estimate of drug-likeness (QED) is 0.550. The highest BCUT2D eigenvalue weighted by atomic mass is 35.5. The molecule has 0 saturated heterocycles. The Morgan fingerprint density at radius 2 is 2.00 bits per heavy atom. The third-order valence-corrected chi connectivity index (χ3v) is 2.98. The summed E-state index contributed by atoms with van der Waals surface area (Å²) in [5.41, 5.74) is -0.590. The minimum absolute atomic E-state index is 0.116. The number of nitrogens with one attached hydrogen (secondary N) is 1. The van der Waals surface area contributed by atoms with Crippen LogP contribution in [-0.4, -0.2) is 29.4 Å². The van der Waals surface area contributed by atoms with Crippen molar-refractivity contribution in [1.29, 1.82) is 0 Å². The van der Waals surface area contributed by atoms with Gasteiger partial charge in [0.05, 0.1) is 11.9 Å². The van der Waals surface area contributed by atoms with Crippen LogP contribution in [0.25, 0.3) is 0 Å². The van der Waals surface area contributed by atoms with E-state index in [9.17, 15) is 9.59 Å². The Morgan fingerprint density at radius 1 is 1.40 bits per heavy atom. The zero-order valence-corrected chi connectivity index (χ0v) is 13.6. The van der Waals surface area contributed by atoms with E-state index in [2.05, 4.69) is 11.9 Å². The van der Waals surface area contributed by atoms with Crippen molar-refractivity contribution in [1.82, 2.24) is 5.32 Å². The van der Waals surface area contributed by atoms with E-state index < -0.39 is 17.7 Å². The summed E-state index contributed by atoms with van der Waals surface area (Å²) < 4.78 is 5.16. The van der Waals surface area contributed by atoms with E-state index in [-0.39, 0.29) is 11.7 Å². The van der Waals surface area contributed by atoms with Gasteiger partial charge in [0, 0.05) is 0 Å². The first-order chi connectivity index (χ1) is 9.19. The number of ether oxygens (including phenoxy) is 1. The predicted octanol–water partition coefficient (Wildman–Crippen LogP) is 3.68. The van der Waals surface area contributed by atoms with Gasteiger partial charge in [0.2, 0.25) is 0 Å². The highest BCUT2D eigenvalue weighted by Crippen LogP contribution is 2.15. The highest BCUT2D eigenvalue weighted by molar-refractivity contribution is 6.28. The summed E-state index contributed by atoms with van der Waals surface area (Å²) >= 11 is 5.59. The largest absolute Gasteiger partial charge is 0.444 e. The zero-order valence-electron chi connectivity index (χ0n) is 12.9. The Morgan fingerprint density at radius 3 is 2.45 bits per heavy atom. The van der Waals surface area contributed by atoms with Gasteiger partial charge in [-0.1, -0.05) is 13.0 Å². The molecule has 0 aliphatic heterocycles. The van der Waals surface area contributed by atoms with Crippen molar-refractivity contribution in [3.63, 3.8) is 0 Å². The van der Waals surface area contributed by atoms with Crippen LogP contribution < -0.4 is 5.32 Å². The van der Waals surface area contributed by atoms with Crippen molar-refractivity contribution in [2.45, 2.75) is 58.6 Å². The molecule has 0 aromatic carbocycles. The van der Waals surface area contributed by atoms with E-state index in [1.54, 1.807) is 20.8 Å². The fourth-order valence-corrected chi connectivity index (χ4v) is 1.92. The molecule has 5 heteroatoms. The Hall–Kier alpha value is -1.03. The number of allylic oxidation sites excluding steroid dienone is 1. The van der Waals surface area contributed by atoms with Crippen LogP contribution in [0.5, 0.6) is 0 Å². The number of amides is 1. The molecule has 0 saturated carbocycles. The minimum atomic E-state index is -0.595. The third-order valence-electron chi connectivity index (χ3n) is 2.71. The Bertz CT molecular complexity index is 337. The van der Waals surface area contributed by atoms with Crippen molar-refractivity contribution < 1.29 is 14.3 Å². The molecule has 1 amide bonds. The third kappa shape index (κ3) is 8.97. The second kappa shape index (κ2) is 9.01. The monoisotopic (exact) mass is 303 g/mol. The first-order valence-electron chi connectivity index (χ1n) is 6.88. The smallest absolute Gasteiger partial charge is 0.408 e. The zero-order chi connectivity index (χ0) is 15.8. The van der Waals surface area contributed by atoms with Crippen LogP contribution in [0, 0.1) is 5.92 Å². The molecule has 2 atom stereocenters. The minimum Gasteiger partial charge on any atom is -0.444 e. The molecule has 116 valence electrons. The standard InChI is InChI=1S/C15H26ClNO3/c1-6-7-8-11(2)9-12(13(18)10-16)17-14(19)20-15(3,4)5/h6,11-12H,1,7-10H2,2-5H3,(H,17,19)/t11-,12-/m0/s1. The maximum Gasteiger partial charge on any atom is 0.408 e. The summed E-state index contributed by atoms with van der Waals surface area (Å²) in [5.74, 6) is -0.0163. The summed E-state index contributed by atoms with van der Waals surface area (Å²) in [4.78, 5) is 23.5. The van der Waals surface area contributed by atoms with E-state index in [0.717, 1.165) is 12.8 Å². The molecular formula is C15H26ClNO3. The number of ketones is 1. The summed E-state index contributed by atoms with van der Waals surface area (Å²) in [7, 11) is 0. The Labute approximate surface area is 126 Å². The molecule has 0 spiro atoms. The fourth-order valence-electron chi connectivity index (χ4n) is 1.74. The molecule has 4 nitrogen and oxygen atoms in total. The van der Waals surface area contributed by atoms with Gasteiger partial charge in [-0.3, -0.25) is 4.79 Å². The van der Waals surface area contributed by atoms with E-state index in [0.29, 0.717) is 12.3 Å². The molecule has 0 heterocycles. The van der Waals surface area contributed by atoms with Crippen molar-refractivity contribution in [2.75, 3.05) is 5.88 Å².